The molecule has 0 saturated carbocycles. The molecule has 0 saturated heterocycles. The average molecular weight is 395 g/mol. The Morgan fingerprint density at radius 1 is 1.25 bits per heavy atom. The standard InChI is InChI=1S/C21H22N4O2S/c1-14-11-16-7-4-5-10-19(16)25(14)20(26)15(2)28-21-23-22-13-24(21)17-8-6-9-18(12-17)27-3/h4-10,12-15H,11H2,1-3H3/t14-,15-/m0/s1. The molecule has 3 aromatic rings. The minimum atomic E-state index is -0.290. The molecule has 1 aliphatic rings. The topological polar surface area (TPSA) is 60.2 Å². The molecule has 0 bridgehead atoms. The summed E-state index contributed by atoms with van der Waals surface area (Å²) in [5.41, 5.74) is 3.13. The van der Waals surface area contributed by atoms with Gasteiger partial charge in [0.25, 0.3) is 0 Å². The lowest BCUT2D eigenvalue weighted by Gasteiger charge is -2.25. The van der Waals surface area contributed by atoms with Gasteiger partial charge in [-0.1, -0.05) is 36.0 Å². The highest BCUT2D eigenvalue weighted by atomic mass is 32.2. The zero-order valence-corrected chi connectivity index (χ0v) is 16.9. The quantitative estimate of drug-likeness (QED) is 0.617. The van der Waals surface area contributed by atoms with Crippen LogP contribution in [0.2, 0.25) is 0 Å². The Kier molecular flexibility index (Phi) is 5.09. The molecule has 0 radical (unpaired) electrons. The van der Waals surface area contributed by atoms with Gasteiger partial charge in [0.05, 0.1) is 18.0 Å². The van der Waals surface area contributed by atoms with Crippen molar-refractivity contribution < 1.29 is 9.53 Å². The van der Waals surface area contributed by atoms with Crippen LogP contribution in [0.5, 0.6) is 5.75 Å². The number of nitrogens with zero attached hydrogens (tertiary/aromatic N) is 4. The van der Waals surface area contributed by atoms with Gasteiger partial charge < -0.3 is 9.64 Å². The molecule has 4 rings (SSSR count). The summed E-state index contributed by atoms with van der Waals surface area (Å²) >= 11 is 1.41. The zero-order chi connectivity index (χ0) is 19.7. The molecule has 0 spiro atoms. The van der Waals surface area contributed by atoms with Crippen molar-refractivity contribution >= 4 is 23.4 Å². The van der Waals surface area contributed by atoms with Crippen LogP contribution in [0.1, 0.15) is 19.4 Å². The fraction of sp³-hybridized carbons (Fsp3) is 0.286. The number of ether oxygens (including phenoxy) is 1. The Morgan fingerprint density at radius 2 is 2.07 bits per heavy atom. The lowest BCUT2D eigenvalue weighted by molar-refractivity contribution is -0.118. The summed E-state index contributed by atoms with van der Waals surface area (Å²) in [4.78, 5) is 15.1. The fourth-order valence-corrected chi connectivity index (χ4v) is 4.44. The van der Waals surface area contributed by atoms with Crippen molar-refractivity contribution in [2.75, 3.05) is 12.0 Å². The van der Waals surface area contributed by atoms with Crippen molar-refractivity contribution in [3.8, 4) is 11.4 Å². The number of rotatable bonds is 5. The number of thioether (sulfide) groups is 1. The average Bonchev–Trinajstić information content (AvgIpc) is 3.30. The minimum absolute atomic E-state index is 0.0858. The largest absolute Gasteiger partial charge is 0.497 e. The van der Waals surface area contributed by atoms with E-state index in [2.05, 4.69) is 23.2 Å². The summed E-state index contributed by atoms with van der Waals surface area (Å²) in [6.45, 7) is 4.01. The molecule has 1 aliphatic heterocycles. The van der Waals surface area contributed by atoms with Crippen LogP contribution in [0, 0.1) is 0 Å². The van der Waals surface area contributed by atoms with E-state index in [9.17, 15) is 4.79 Å². The number of aromatic nitrogens is 3. The van der Waals surface area contributed by atoms with Crippen molar-refractivity contribution in [3.05, 3.63) is 60.4 Å². The predicted octanol–water partition coefficient (Wildman–Crippen LogP) is 3.73. The highest BCUT2D eigenvalue weighted by Crippen LogP contribution is 2.35. The number of hydrogen-bond donors (Lipinski definition) is 0. The van der Waals surface area contributed by atoms with Gasteiger partial charge in [0.15, 0.2) is 5.16 Å². The number of amides is 1. The Hall–Kier alpha value is -2.80. The Morgan fingerprint density at radius 3 is 2.89 bits per heavy atom. The lowest BCUT2D eigenvalue weighted by Crippen LogP contribution is -2.40. The molecule has 144 valence electrons. The van der Waals surface area contributed by atoms with Crippen LogP contribution in [0.3, 0.4) is 0 Å². The van der Waals surface area contributed by atoms with E-state index < -0.39 is 0 Å². The molecule has 7 heteroatoms. The van der Waals surface area contributed by atoms with Gasteiger partial charge in [-0.05, 0) is 44.0 Å². The molecule has 2 atom stereocenters. The van der Waals surface area contributed by atoms with E-state index in [0.717, 1.165) is 23.5 Å². The van der Waals surface area contributed by atoms with Crippen LogP contribution in [-0.2, 0) is 11.2 Å². The number of carbonyl (C=O) groups is 1. The van der Waals surface area contributed by atoms with Crippen LogP contribution in [-0.4, -0.2) is 39.1 Å². The van der Waals surface area contributed by atoms with E-state index >= 15 is 0 Å². The number of hydrogen-bond acceptors (Lipinski definition) is 5. The first-order valence-corrected chi connectivity index (χ1v) is 10.1. The van der Waals surface area contributed by atoms with Crippen LogP contribution in [0.4, 0.5) is 5.69 Å². The van der Waals surface area contributed by atoms with Crippen molar-refractivity contribution in [2.45, 2.75) is 36.7 Å². The molecule has 28 heavy (non-hydrogen) atoms. The monoisotopic (exact) mass is 394 g/mol. The SMILES string of the molecule is COc1cccc(-n2cnnc2S[C@@H](C)C(=O)N2c3ccccc3C[C@@H]2C)c1. The molecule has 1 aromatic heterocycles. The van der Waals surface area contributed by atoms with Gasteiger partial charge >= 0.3 is 0 Å². The first-order chi connectivity index (χ1) is 13.6. The third-order valence-corrected chi connectivity index (χ3v) is 5.97. The van der Waals surface area contributed by atoms with E-state index in [1.54, 1.807) is 13.4 Å². The molecule has 6 nitrogen and oxygen atoms in total. The summed E-state index contributed by atoms with van der Waals surface area (Å²) in [6, 6.07) is 16.0. The molecule has 0 unspecified atom stereocenters. The highest BCUT2D eigenvalue weighted by molar-refractivity contribution is 8.00. The number of anilines is 1. The minimum Gasteiger partial charge on any atom is -0.497 e. The van der Waals surface area contributed by atoms with Crippen LogP contribution in [0.25, 0.3) is 5.69 Å². The molecule has 0 aliphatic carbocycles. The predicted molar refractivity (Wildman–Crippen MR) is 110 cm³/mol. The van der Waals surface area contributed by atoms with E-state index in [1.807, 2.05) is 58.9 Å². The number of fused-ring (bicyclic) bond motifs is 1. The fourth-order valence-electron chi connectivity index (χ4n) is 3.55. The maximum absolute atomic E-state index is 13.2. The third-order valence-electron chi connectivity index (χ3n) is 4.92. The first kappa shape index (κ1) is 18.6. The maximum Gasteiger partial charge on any atom is 0.240 e. The molecular formula is C21H22N4O2S. The van der Waals surface area contributed by atoms with Crippen LogP contribution in [0.15, 0.2) is 60.0 Å². The van der Waals surface area contributed by atoms with Gasteiger partial charge in [0.1, 0.15) is 12.1 Å². The van der Waals surface area contributed by atoms with Gasteiger partial charge in [-0.3, -0.25) is 9.36 Å². The van der Waals surface area contributed by atoms with Crippen LogP contribution >= 0.6 is 11.8 Å². The summed E-state index contributed by atoms with van der Waals surface area (Å²) < 4.78 is 7.18. The first-order valence-electron chi connectivity index (χ1n) is 9.20. The summed E-state index contributed by atoms with van der Waals surface area (Å²) in [5, 5.41) is 8.65. The second-order valence-electron chi connectivity index (χ2n) is 6.84. The van der Waals surface area contributed by atoms with E-state index in [4.69, 9.17) is 4.74 Å². The number of para-hydroxylation sites is 1. The molecule has 0 fully saturated rings. The third kappa shape index (κ3) is 3.38. The van der Waals surface area contributed by atoms with Gasteiger partial charge in [-0.15, -0.1) is 10.2 Å². The van der Waals surface area contributed by atoms with Crippen molar-refractivity contribution in [1.29, 1.82) is 0 Å². The van der Waals surface area contributed by atoms with E-state index in [1.165, 1.54) is 17.3 Å². The maximum atomic E-state index is 13.2. The zero-order valence-electron chi connectivity index (χ0n) is 16.1. The second-order valence-corrected chi connectivity index (χ2v) is 8.14. The lowest BCUT2D eigenvalue weighted by atomic mass is 10.1. The second kappa shape index (κ2) is 7.67. The van der Waals surface area contributed by atoms with Crippen molar-refractivity contribution in [3.63, 3.8) is 0 Å². The van der Waals surface area contributed by atoms with Gasteiger partial charge in [-0.2, -0.15) is 0 Å². The molecule has 0 N–H and O–H groups in total. The Labute approximate surface area is 168 Å². The normalized spacial score (nSPS) is 16.7. The van der Waals surface area contributed by atoms with Crippen LogP contribution < -0.4 is 9.64 Å². The molecule has 1 amide bonds. The van der Waals surface area contributed by atoms with Gasteiger partial charge in [0.2, 0.25) is 5.91 Å². The van der Waals surface area contributed by atoms with Crippen molar-refractivity contribution in [2.24, 2.45) is 0 Å². The molecule has 2 heterocycles. The van der Waals surface area contributed by atoms with E-state index in [0.29, 0.717) is 5.16 Å². The molecular weight excluding hydrogens is 372 g/mol. The summed E-state index contributed by atoms with van der Waals surface area (Å²) in [6.07, 6.45) is 2.54. The highest BCUT2D eigenvalue weighted by Gasteiger charge is 2.33. The van der Waals surface area contributed by atoms with Crippen molar-refractivity contribution in [1.82, 2.24) is 14.8 Å². The summed E-state index contributed by atoms with van der Waals surface area (Å²) in [5.74, 6) is 0.844. The van der Waals surface area contributed by atoms with Gasteiger partial charge in [-0.25, -0.2) is 0 Å². The van der Waals surface area contributed by atoms with E-state index in [-0.39, 0.29) is 17.2 Å². The Bertz CT molecular complexity index is 1000. The smallest absolute Gasteiger partial charge is 0.240 e. The van der Waals surface area contributed by atoms with Gasteiger partial charge in [0, 0.05) is 17.8 Å². The Balaban J connectivity index is 1.56. The molecule has 2 aromatic carbocycles. The summed E-state index contributed by atoms with van der Waals surface area (Å²) in [7, 11) is 1.64. The number of carbonyl (C=O) groups excluding carboxylic acids is 1. The number of methoxy groups -OCH3 is 1. The number of benzene rings is 2.